The van der Waals surface area contributed by atoms with Gasteiger partial charge in [0, 0.05) is 30.6 Å². The summed E-state index contributed by atoms with van der Waals surface area (Å²) in [6.07, 6.45) is -4.63. The number of rotatable bonds is 4. The van der Waals surface area contributed by atoms with E-state index in [0.29, 0.717) is 12.1 Å². The monoisotopic (exact) mass is 618 g/mol. The number of aromatic amines is 1. The number of carbonyl (C=O) groups is 2. The van der Waals surface area contributed by atoms with Crippen molar-refractivity contribution in [2.75, 3.05) is 6.54 Å². The van der Waals surface area contributed by atoms with E-state index in [4.69, 9.17) is 24.8 Å². The second kappa shape index (κ2) is 13.6. The van der Waals surface area contributed by atoms with Crippen molar-refractivity contribution >= 4 is 23.0 Å². The summed E-state index contributed by atoms with van der Waals surface area (Å²) in [6.45, 7) is 1.30. The molecule has 16 heteroatoms. The highest BCUT2D eigenvalue weighted by Gasteiger charge is 2.39. The van der Waals surface area contributed by atoms with Crippen LogP contribution in [0.15, 0.2) is 60.9 Å². The molecule has 0 saturated carbocycles. The highest BCUT2D eigenvalue weighted by molar-refractivity contribution is 5.82. The zero-order chi connectivity index (χ0) is 31.9. The maximum absolute atomic E-state index is 14.1. The predicted octanol–water partition coefficient (Wildman–Crippen LogP) is 6.51. The molecule has 43 heavy (non-hydrogen) atoms. The summed E-state index contributed by atoms with van der Waals surface area (Å²) >= 11 is 0. The van der Waals surface area contributed by atoms with Gasteiger partial charge >= 0.3 is 24.3 Å². The molecular weight excluding hydrogens is 596 g/mol. The molecule has 0 unspecified atom stereocenters. The average Bonchev–Trinajstić information content (AvgIpc) is 3.56. The van der Waals surface area contributed by atoms with Crippen LogP contribution in [-0.4, -0.2) is 60.9 Å². The molecule has 0 bridgehead atoms. The van der Waals surface area contributed by atoms with E-state index in [1.807, 2.05) is 18.2 Å². The molecule has 0 aliphatic carbocycles. The van der Waals surface area contributed by atoms with E-state index < -0.39 is 35.9 Å². The van der Waals surface area contributed by atoms with Crippen molar-refractivity contribution < 1.29 is 54.9 Å². The van der Waals surface area contributed by atoms with Gasteiger partial charge in [0.2, 0.25) is 0 Å². The summed E-state index contributed by atoms with van der Waals surface area (Å²) in [4.78, 5) is 32.3. The second-order valence-corrected chi connectivity index (χ2v) is 9.06. The highest BCUT2D eigenvalue weighted by atomic mass is 19.4. The third-order valence-electron chi connectivity index (χ3n) is 6.07. The number of nitrogens with zero attached hydrogens (tertiary/aromatic N) is 3. The average molecular weight is 618 g/mol. The Morgan fingerprint density at radius 3 is 2.05 bits per heavy atom. The van der Waals surface area contributed by atoms with E-state index in [1.165, 1.54) is 12.1 Å². The van der Waals surface area contributed by atoms with Crippen molar-refractivity contribution in [3.05, 3.63) is 83.9 Å². The number of aromatic nitrogens is 3. The van der Waals surface area contributed by atoms with Gasteiger partial charge in [-0.3, -0.25) is 9.88 Å². The minimum Gasteiger partial charge on any atom is -0.475 e. The topological polar surface area (TPSA) is 119 Å². The predicted molar refractivity (Wildman–Crippen MR) is 135 cm³/mol. The maximum atomic E-state index is 14.1. The lowest BCUT2D eigenvalue weighted by atomic mass is 10.1. The number of alkyl halides is 6. The number of carboxylic acids is 2. The van der Waals surface area contributed by atoms with Crippen LogP contribution in [0.25, 0.3) is 22.2 Å². The van der Waals surface area contributed by atoms with Gasteiger partial charge in [-0.1, -0.05) is 12.1 Å². The quantitative estimate of drug-likeness (QED) is 0.223. The first-order valence-electron chi connectivity index (χ1n) is 12.2. The lowest BCUT2D eigenvalue weighted by molar-refractivity contribution is -0.193. The molecule has 8 nitrogen and oxygen atoms in total. The number of halogens is 8. The lowest BCUT2D eigenvalue weighted by Gasteiger charge is -2.23. The standard InChI is InChI=1S/C23H20F2N4.2C2HF3O2/c24-18-5-3-17(19(25)13-18)14-29-11-1-2-22(29)23-27-20-6-4-16(12-21(20)28-23)15-7-9-26-10-8-15;2*3-2(4,5)1(6)7/h3-10,12-13,22H,1-2,11,14H2,(H,27,28);2*(H,6,7)/t22-;;/m0../s1. The van der Waals surface area contributed by atoms with Crippen LogP contribution in [0, 0.1) is 11.6 Å². The molecule has 3 N–H and O–H groups in total. The van der Waals surface area contributed by atoms with Gasteiger partial charge in [0.15, 0.2) is 0 Å². The molecule has 2 aromatic carbocycles. The summed E-state index contributed by atoms with van der Waals surface area (Å²) < 4.78 is 90.8. The van der Waals surface area contributed by atoms with Gasteiger partial charge < -0.3 is 15.2 Å². The third kappa shape index (κ3) is 9.19. The molecule has 4 aromatic rings. The molecule has 1 fully saturated rings. The highest BCUT2D eigenvalue weighted by Crippen LogP contribution is 2.34. The summed E-state index contributed by atoms with van der Waals surface area (Å²) in [5.41, 5.74) is 4.61. The SMILES string of the molecule is Fc1ccc(CN2CCC[C@H]2c2nc3ccc(-c4ccncc4)cc3[nH]2)c(F)c1.O=C(O)C(F)(F)F.O=C(O)C(F)(F)F. The fourth-order valence-corrected chi connectivity index (χ4v) is 4.10. The molecule has 230 valence electrons. The first kappa shape index (κ1) is 32.9. The Morgan fingerprint density at radius 2 is 1.49 bits per heavy atom. The fourth-order valence-electron chi connectivity index (χ4n) is 4.10. The van der Waals surface area contributed by atoms with E-state index in [0.717, 1.165) is 53.4 Å². The van der Waals surface area contributed by atoms with E-state index in [2.05, 4.69) is 27.0 Å². The van der Waals surface area contributed by atoms with E-state index in [9.17, 15) is 35.1 Å². The number of aliphatic carboxylic acids is 2. The summed E-state index contributed by atoms with van der Waals surface area (Å²) in [7, 11) is 0. The molecule has 0 radical (unpaired) electrons. The summed E-state index contributed by atoms with van der Waals surface area (Å²) in [5.74, 6) is -5.67. The number of imidazole rings is 1. The first-order valence-corrected chi connectivity index (χ1v) is 12.2. The minimum atomic E-state index is -5.08. The number of hydrogen-bond acceptors (Lipinski definition) is 5. The number of likely N-dealkylation sites (tertiary alicyclic amines) is 1. The normalized spacial score (nSPS) is 15.3. The van der Waals surface area contributed by atoms with Crippen molar-refractivity contribution in [1.82, 2.24) is 19.9 Å². The van der Waals surface area contributed by atoms with E-state index in [1.54, 1.807) is 12.4 Å². The number of carboxylic acid groups (broad SMARTS) is 2. The van der Waals surface area contributed by atoms with Gasteiger partial charge in [0.1, 0.15) is 17.5 Å². The van der Waals surface area contributed by atoms with E-state index >= 15 is 0 Å². The van der Waals surface area contributed by atoms with Crippen LogP contribution in [0.3, 0.4) is 0 Å². The Kier molecular flexibility index (Phi) is 10.4. The van der Waals surface area contributed by atoms with Gasteiger partial charge in [-0.15, -0.1) is 0 Å². The molecule has 5 rings (SSSR count). The largest absolute Gasteiger partial charge is 0.490 e. The molecule has 0 spiro atoms. The van der Waals surface area contributed by atoms with Crippen molar-refractivity contribution in [3.63, 3.8) is 0 Å². The minimum absolute atomic E-state index is 0.0937. The van der Waals surface area contributed by atoms with Gasteiger partial charge in [-0.05, 0) is 60.8 Å². The number of fused-ring (bicyclic) bond motifs is 1. The Bertz CT molecular complexity index is 1530. The molecule has 1 atom stereocenters. The van der Waals surface area contributed by atoms with Gasteiger partial charge in [0.05, 0.1) is 17.1 Å². The van der Waals surface area contributed by atoms with Crippen LogP contribution in [0.5, 0.6) is 0 Å². The smallest absolute Gasteiger partial charge is 0.475 e. The first-order chi connectivity index (χ1) is 20.1. The van der Waals surface area contributed by atoms with Crippen LogP contribution < -0.4 is 0 Å². The fraction of sp³-hybridized carbons (Fsp3) is 0.259. The van der Waals surface area contributed by atoms with Crippen molar-refractivity contribution in [2.24, 2.45) is 0 Å². The Balaban J connectivity index is 0.000000303. The number of benzene rings is 2. The van der Waals surface area contributed by atoms with E-state index in [-0.39, 0.29) is 6.04 Å². The van der Waals surface area contributed by atoms with Crippen LogP contribution in [-0.2, 0) is 16.1 Å². The Morgan fingerprint density at radius 1 is 0.884 bits per heavy atom. The van der Waals surface area contributed by atoms with Crippen LogP contribution in [0.4, 0.5) is 35.1 Å². The van der Waals surface area contributed by atoms with Gasteiger partial charge in [-0.2, -0.15) is 26.3 Å². The molecular formula is C27H22F8N4O4. The van der Waals surface area contributed by atoms with Crippen LogP contribution in [0.1, 0.15) is 30.3 Å². The molecule has 1 saturated heterocycles. The Hall–Kier alpha value is -4.60. The number of hydrogen-bond donors (Lipinski definition) is 3. The zero-order valence-electron chi connectivity index (χ0n) is 21.8. The van der Waals surface area contributed by atoms with Crippen molar-refractivity contribution in [2.45, 2.75) is 37.8 Å². The van der Waals surface area contributed by atoms with Gasteiger partial charge in [0.25, 0.3) is 0 Å². The zero-order valence-corrected chi connectivity index (χ0v) is 21.8. The summed E-state index contributed by atoms with van der Waals surface area (Å²) in [6, 6.07) is 14.0. The second-order valence-electron chi connectivity index (χ2n) is 9.06. The number of pyridine rings is 1. The molecule has 3 heterocycles. The van der Waals surface area contributed by atoms with Crippen molar-refractivity contribution in [1.29, 1.82) is 0 Å². The Labute approximate surface area is 237 Å². The van der Waals surface area contributed by atoms with Crippen molar-refractivity contribution in [3.8, 4) is 11.1 Å². The number of H-pyrrole nitrogens is 1. The molecule has 1 aliphatic rings. The molecule has 1 aliphatic heterocycles. The van der Waals surface area contributed by atoms with Gasteiger partial charge in [-0.25, -0.2) is 23.4 Å². The molecule has 2 aromatic heterocycles. The lowest BCUT2D eigenvalue weighted by Crippen LogP contribution is -2.24. The number of nitrogens with one attached hydrogen (secondary N) is 1. The third-order valence-corrected chi connectivity index (χ3v) is 6.07. The van der Waals surface area contributed by atoms with Crippen LogP contribution in [0.2, 0.25) is 0 Å². The maximum Gasteiger partial charge on any atom is 0.490 e. The summed E-state index contributed by atoms with van der Waals surface area (Å²) in [5, 5.41) is 14.2. The van der Waals surface area contributed by atoms with Crippen LogP contribution >= 0.6 is 0 Å². The molecule has 0 amide bonds.